The summed E-state index contributed by atoms with van der Waals surface area (Å²) < 4.78 is 9.22. The maximum atomic E-state index is 12.6. The first-order valence-electron chi connectivity index (χ1n) is 7.66. The first-order valence-corrected chi connectivity index (χ1v) is 7.66. The highest BCUT2D eigenvalue weighted by molar-refractivity contribution is 6.06. The minimum atomic E-state index is -0.0569. The van der Waals surface area contributed by atoms with Crippen LogP contribution in [0.3, 0.4) is 0 Å². The second-order valence-corrected chi connectivity index (χ2v) is 5.54. The molecule has 1 amide bonds. The van der Waals surface area contributed by atoms with Crippen molar-refractivity contribution in [1.82, 2.24) is 14.5 Å². The molecule has 2 heterocycles. The van der Waals surface area contributed by atoms with E-state index >= 15 is 0 Å². The zero-order chi connectivity index (χ0) is 16.2. The van der Waals surface area contributed by atoms with E-state index in [2.05, 4.69) is 9.88 Å². The third-order valence-electron chi connectivity index (χ3n) is 4.05. The van der Waals surface area contributed by atoms with Crippen molar-refractivity contribution in [2.45, 2.75) is 13.1 Å². The van der Waals surface area contributed by atoms with Crippen LogP contribution >= 0.6 is 0 Å². The van der Waals surface area contributed by atoms with E-state index in [1.807, 2.05) is 60.4 Å². The van der Waals surface area contributed by atoms with Gasteiger partial charge in [0.2, 0.25) is 0 Å². The molecule has 5 nitrogen and oxygen atoms in total. The van der Waals surface area contributed by atoms with Gasteiger partial charge in [0.1, 0.15) is 0 Å². The van der Waals surface area contributed by atoms with Gasteiger partial charge < -0.3 is 19.2 Å². The lowest BCUT2D eigenvalue weighted by Crippen LogP contribution is -2.23. The number of nitrogens with one attached hydrogen (secondary N) is 1. The Bertz CT molecular complexity index is 817. The Morgan fingerprint density at radius 1 is 1.22 bits per heavy atom. The molecule has 0 radical (unpaired) electrons. The van der Waals surface area contributed by atoms with Crippen molar-refractivity contribution in [3.8, 4) is 0 Å². The summed E-state index contributed by atoms with van der Waals surface area (Å²) in [6.45, 7) is 1.85. The lowest BCUT2D eigenvalue weighted by Gasteiger charge is -2.05. The summed E-state index contributed by atoms with van der Waals surface area (Å²) in [7, 11) is 3.65. The lowest BCUT2D eigenvalue weighted by atomic mass is 10.1. The zero-order valence-corrected chi connectivity index (χ0v) is 13.5. The van der Waals surface area contributed by atoms with Gasteiger partial charge in [0.15, 0.2) is 0 Å². The van der Waals surface area contributed by atoms with E-state index in [-0.39, 0.29) is 5.91 Å². The Morgan fingerprint density at radius 2 is 2.04 bits per heavy atom. The molecule has 23 heavy (non-hydrogen) atoms. The van der Waals surface area contributed by atoms with Crippen LogP contribution in [-0.2, 0) is 24.9 Å². The smallest absolute Gasteiger partial charge is 0.253 e. The van der Waals surface area contributed by atoms with Gasteiger partial charge in [-0.25, -0.2) is 0 Å². The SMILES string of the molecule is COCCn1cc(C(=O)NCc2cccn2C)c2ccccc21. The Balaban J connectivity index is 1.83. The number of ether oxygens (including phenoxy) is 1. The average molecular weight is 311 g/mol. The number of aryl methyl sites for hydroxylation is 1. The molecule has 2 aromatic heterocycles. The lowest BCUT2D eigenvalue weighted by molar-refractivity contribution is 0.0951. The number of aromatic nitrogens is 2. The minimum Gasteiger partial charge on any atom is -0.383 e. The molecule has 0 fully saturated rings. The summed E-state index contributed by atoms with van der Waals surface area (Å²) in [5.74, 6) is -0.0569. The maximum absolute atomic E-state index is 12.6. The highest BCUT2D eigenvalue weighted by atomic mass is 16.5. The first kappa shape index (κ1) is 15.4. The van der Waals surface area contributed by atoms with E-state index in [0.29, 0.717) is 18.7 Å². The number of amides is 1. The van der Waals surface area contributed by atoms with Crippen LogP contribution in [0.15, 0.2) is 48.8 Å². The number of nitrogens with zero attached hydrogens (tertiary/aromatic N) is 2. The number of hydrogen-bond donors (Lipinski definition) is 1. The van der Waals surface area contributed by atoms with Crippen LogP contribution in [0.25, 0.3) is 10.9 Å². The molecule has 0 spiro atoms. The largest absolute Gasteiger partial charge is 0.383 e. The Morgan fingerprint density at radius 3 is 2.78 bits per heavy atom. The van der Waals surface area contributed by atoms with E-state index < -0.39 is 0 Å². The molecule has 0 aliphatic rings. The summed E-state index contributed by atoms with van der Waals surface area (Å²) >= 11 is 0. The summed E-state index contributed by atoms with van der Waals surface area (Å²) in [4.78, 5) is 12.6. The Labute approximate surface area is 135 Å². The van der Waals surface area contributed by atoms with Gasteiger partial charge in [0.25, 0.3) is 5.91 Å². The molecular formula is C18H21N3O2. The molecule has 3 rings (SSSR count). The molecule has 120 valence electrons. The van der Waals surface area contributed by atoms with Crippen LogP contribution < -0.4 is 5.32 Å². The van der Waals surface area contributed by atoms with Crippen LogP contribution in [0.5, 0.6) is 0 Å². The number of carbonyl (C=O) groups excluding carboxylic acids is 1. The fourth-order valence-corrected chi connectivity index (χ4v) is 2.75. The van der Waals surface area contributed by atoms with Gasteiger partial charge >= 0.3 is 0 Å². The van der Waals surface area contributed by atoms with Gasteiger partial charge in [-0.2, -0.15) is 0 Å². The second-order valence-electron chi connectivity index (χ2n) is 5.54. The van der Waals surface area contributed by atoms with Crippen molar-refractivity contribution >= 4 is 16.8 Å². The molecular weight excluding hydrogens is 290 g/mol. The van der Waals surface area contributed by atoms with Crippen molar-refractivity contribution in [3.63, 3.8) is 0 Å². The number of carbonyl (C=O) groups is 1. The molecule has 0 bridgehead atoms. The van der Waals surface area contributed by atoms with Crippen molar-refractivity contribution in [2.24, 2.45) is 7.05 Å². The minimum absolute atomic E-state index is 0.0569. The number of benzene rings is 1. The fourth-order valence-electron chi connectivity index (χ4n) is 2.75. The van der Waals surface area contributed by atoms with Crippen LogP contribution in [-0.4, -0.2) is 28.8 Å². The van der Waals surface area contributed by atoms with Gasteiger partial charge in [-0.05, 0) is 18.2 Å². The van der Waals surface area contributed by atoms with Crippen molar-refractivity contribution in [3.05, 3.63) is 60.0 Å². The third kappa shape index (κ3) is 3.14. The van der Waals surface area contributed by atoms with E-state index in [1.165, 1.54) is 0 Å². The van der Waals surface area contributed by atoms with Crippen LogP contribution in [0.4, 0.5) is 0 Å². The third-order valence-corrected chi connectivity index (χ3v) is 4.05. The predicted octanol–water partition coefficient (Wildman–Crippen LogP) is 2.56. The van der Waals surface area contributed by atoms with Crippen molar-refractivity contribution < 1.29 is 9.53 Å². The summed E-state index contributed by atoms with van der Waals surface area (Å²) in [6, 6.07) is 11.9. The quantitative estimate of drug-likeness (QED) is 0.760. The van der Waals surface area contributed by atoms with Crippen LogP contribution in [0, 0.1) is 0 Å². The number of para-hydroxylation sites is 1. The number of hydrogen-bond acceptors (Lipinski definition) is 2. The van der Waals surface area contributed by atoms with Gasteiger partial charge in [-0.3, -0.25) is 4.79 Å². The van der Waals surface area contributed by atoms with Gasteiger partial charge in [0, 0.05) is 49.7 Å². The molecule has 0 atom stereocenters. The van der Waals surface area contributed by atoms with Crippen LogP contribution in [0.1, 0.15) is 16.1 Å². The molecule has 0 aliphatic heterocycles. The second kappa shape index (κ2) is 6.71. The van der Waals surface area contributed by atoms with Gasteiger partial charge in [-0.1, -0.05) is 18.2 Å². The van der Waals surface area contributed by atoms with Gasteiger partial charge in [0.05, 0.1) is 18.7 Å². The summed E-state index contributed by atoms with van der Waals surface area (Å²) in [5, 5.41) is 3.97. The molecule has 0 saturated heterocycles. The molecule has 0 aliphatic carbocycles. The molecule has 3 aromatic rings. The maximum Gasteiger partial charge on any atom is 0.253 e. The van der Waals surface area contributed by atoms with Crippen LogP contribution in [0.2, 0.25) is 0 Å². The van der Waals surface area contributed by atoms with E-state index in [0.717, 1.165) is 23.1 Å². The monoisotopic (exact) mass is 311 g/mol. The predicted molar refractivity (Wildman–Crippen MR) is 90.4 cm³/mol. The van der Waals surface area contributed by atoms with E-state index in [4.69, 9.17) is 4.74 Å². The number of methoxy groups -OCH3 is 1. The standard InChI is InChI=1S/C18H21N3O2/c1-20-9-5-6-14(20)12-19-18(22)16-13-21(10-11-23-2)17-8-4-3-7-15(16)17/h3-9,13H,10-12H2,1-2H3,(H,19,22). The topological polar surface area (TPSA) is 48.2 Å². The molecule has 1 aromatic carbocycles. The molecule has 0 saturated carbocycles. The average Bonchev–Trinajstić information content (AvgIpc) is 3.14. The highest BCUT2D eigenvalue weighted by Gasteiger charge is 2.14. The zero-order valence-electron chi connectivity index (χ0n) is 13.5. The first-order chi connectivity index (χ1) is 11.2. The molecule has 1 N–H and O–H groups in total. The Kier molecular flexibility index (Phi) is 4.48. The summed E-state index contributed by atoms with van der Waals surface area (Å²) in [6.07, 6.45) is 3.88. The van der Waals surface area contributed by atoms with Crippen molar-refractivity contribution in [2.75, 3.05) is 13.7 Å². The fraction of sp³-hybridized carbons (Fsp3) is 0.278. The van der Waals surface area contributed by atoms with Crippen molar-refractivity contribution in [1.29, 1.82) is 0 Å². The number of rotatable bonds is 6. The number of fused-ring (bicyclic) bond motifs is 1. The normalized spacial score (nSPS) is 11.0. The van der Waals surface area contributed by atoms with E-state index in [1.54, 1.807) is 7.11 Å². The van der Waals surface area contributed by atoms with E-state index in [9.17, 15) is 4.79 Å². The molecule has 0 unspecified atom stereocenters. The summed E-state index contributed by atoms with van der Waals surface area (Å²) in [5.41, 5.74) is 2.82. The molecule has 5 heteroatoms. The van der Waals surface area contributed by atoms with Gasteiger partial charge in [-0.15, -0.1) is 0 Å². The highest BCUT2D eigenvalue weighted by Crippen LogP contribution is 2.21. The Hall–Kier alpha value is -2.53.